The summed E-state index contributed by atoms with van der Waals surface area (Å²) in [6.45, 7) is 0. The van der Waals surface area contributed by atoms with Crippen molar-refractivity contribution in [2.45, 2.75) is 38.0 Å². The zero-order valence-corrected chi connectivity index (χ0v) is 12.3. The Kier molecular flexibility index (Phi) is 3.66. The van der Waals surface area contributed by atoms with E-state index < -0.39 is 0 Å². The molecule has 0 saturated heterocycles. The van der Waals surface area contributed by atoms with Crippen LogP contribution in [0.4, 0.5) is 5.69 Å². The summed E-state index contributed by atoms with van der Waals surface area (Å²) >= 11 is 6.67. The van der Waals surface area contributed by atoms with Gasteiger partial charge in [-0.2, -0.15) is 0 Å². The van der Waals surface area contributed by atoms with Gasteiger partial charge < -0.3 is 11.1 Å². The van der Waals surface area contributed by atoms with Crippen molar-refractivity contribution in [3.8, 4) is 0 Å². The zero-order valence-electron chi connectivity index (χ0n) is 10.7. The molecule has 5 heteroatoms. The number of nitrogens with zero attached hydrogens (tertiary/aromatic N) is 1. The standard InChI is InChI=1S/C14H17N3S2/c15-14(18)16-10-6-7-11-12(8-10)19-13(17-11)9-4-2-1-3-5-9/h6-9H,1-5H2,(H3,15,16,18). The van der Waals surface area contributed by atoms with E-state index in [2.05, 4.69) is 11.4 Å². The second-order valence-electron chi connectivity index (χ2n) is 5.06. The molecule has 0 amide bonds. The summed E-state index contributed by atoms with van der Waals surface area (Å²) in [7, 11) is 0. The molecule has 3 N–H and O–H groups in total. The van der Waals surface area contributed by atoms with Crippen LogP contribution in [0.25, 0.3) is 10.2 Å². The monoisotopic (exact) mass is 291 g/mol. The Morgan fingerprint density at radius 2 is 2.11 bits per heavy atom. The van der Waals surface area contributed by atoms with Gasteiger partial charge in [0.25, 0.3) is 0 Å². The molecule has 1 fully saturated rings. The number of benzene rings is 1. The summed E-state index contributed by atoms with van der Waals surface area (Å²) in [6, 6.07) is 6.10. The van der Waals surface area contributed by atoms with E-state index in [0.29, 0.717) is 11.0 Å². The molecule has 0 aliphatic heterocycles. The molecule has 0 bridgehead atoms. The highest BCUT2D eigenvalue weighted by molar-refractivity contribution is 7.80. The molecule has 0 unspecified atom stereocenters. The third-order valence-electron chi connectivity index (χ3n) is 3.63. The van der Waals surface area contributed by atoms with Gasteiger partial charge in [-0.05, 0) is 43.3 Å². The van der Waals surface area contributed by atoms with Gasteiger partial charge in [-0.3, -0.25) is 0 Å². The van der Waals surface area contributed by atoms with Crippen molar-refractivity contribution < 1.29 is 0 Å². The Hall–Kier alpha value is -1.20. The number of aromatic nitrogens is 1. The molecule has 1 aromatic heterocycles. The molecule has 1 saturated carbocycles. The Morgan fingerprint density at radius 1 is 1.32 bits per heavy atom. The summed E-state index contributed by atoms with van der Waals surface area (Å²) in [5.74, 6) is 0.665. The summed E-state index contributed by atoms with van der Waals surface area (Å²) in [5, 5.41) is 4.57. The minimum Gasteiger partial charge on any atom is -0.376 e. The minimum absolute atomic E-state index is 0.302. The molecular formula is C14H17N3S2. The molecule has 3 nitrogen and oxygen atoms in total. The van der Waals surface area contributed by atoms with Gasteiger partial charge in [0.05, 0.1) is 15.2 Å². The van der Waals surface area contributed by atoms with E-state index in [1.807, 2.05) is 23.5 Å². The van der Waals surface area contributed by atoms with Crippen molar-refractivity contribution in [2.75, 3.05) is 5.32 Å². The molecular weight excluding hydrogens is 274 g/mol. The van der Waals surface area contributed by atoms with Crippen molar-refractivity contribution in [3.63, 3.8) is 0 Å². The largest absolute Gasteiger partial charge is 0.376 e. The summed E-state index contributed by atoms with van der Waals surface area (Å²) < 4.78 is 1.21. The van der Waals surface area contributed by atoms with E-state index in [1.54, 1.807) is 0 Å². The first-order valence-electron chi connectivity index (χ1n) is 6.69. The lowest BCUT2D eigenvalue weighted by molar-refractivity contribution is 0.443. The normalized spacial score (nSPS) is 16.6. The first kappa shape index (κ1) is 12.8. The van der Waals surface area contributed by atoms with Gasteiger partial charge in [-0.25, -0.2) is 4.98 Å². The fourth-order valence-corrected chi connectivity index (χ4v) is 3.98. The summed E-state index contributed by atoms with van der Waals surface area (Å²) in [5.41, 5.74) is 7.52. The third kappa shape index (κ3) is 2.87. The zero-order chi connectivity index (χ0) is 13.2. The molecule has 2 aromatic rings. The summed E-state index contributed by atoms with van der Waals surface area (Å²) in [6.07, 6.45) is 6.64. The van der Waals surface area contributed by atoms with Crippen molar-refractivity contribution in [1.29, 1.82) is 0 Å². The Labute approximate surface area is 122 Å². The Morgan fingerprint density at radius 3 is 2.84 bits per heavy atom. The number of rotatable bonds is 2. The summed E-state index contributed by atoms with van der Waals surface area (Å²) in [4.78, 5) is 4.78. The number of fused-ring (bicyclic) bond motifs is 1. The maximum absolute atomic E-state index is 5.50. The molecule has 3 rings (SSSR count). The van der Waals surface area contributed by atoms with Gasteiger partial charge in [-0.15, -0.1) is 11.3 Å². The second kappa shape index (κ2) is 5.43. The van der Waals surface area contributed by atoms with E-state index in [9.17, 15) is 0 Å². The average molecular weight is 291 g/mol. The molecule has 1 aromatic carbocycles. The van der Waals surface area contributed by atoms with Crippen LogP contribution in [0.15, 0.2) is 18.2 Å². The number of nitrogens with two attached hydrogens (primary N) is 1. The third-order valence-corrected chi connectivity index (χ3v) is 4.91. The molecule has 100 valence electrons. The molecule has 1 aliphatic rings. The number of nitrogens with one attached hydrogen (secondary N) is 1. The maximum atomic E-state index is 5.50. The van der Waals surface area contributed by atoms with Crippen LogP contribution < -0.4 is 11.1 Å². The number of hydrogen-bond donors (Lipinski definition) is 2. The molecule has 0 spiro atoms. The number of anilines is 1. The van der Waals surface area contributed by atoms with Gasteiger partial charge >= 0.3 is 0 Å². The quantitative estimate of drug-likeness (QED) is 0.821. The van der Waals surface area contributed by atoms with Gasteiger partial charge in [0.2, 0.25) is 0 Å². The second-order valence-corrected chi connectivity index (χ2v) is 6.56. The van der Waals surface area contributed by atoms with E-state index in [-0.39, 0.29) is 0 Å². The number of thiocarbonyl (C=S) groups is 1. The first-order valence-corrected chi connectivity index (χ1v) is 7.92. The van der Waals surface area contributed by atoms with E-state index in [0.717, 1.165) is 11.2 Å². The van der Waals surface area contributed by atoms with Crippen LogP contribution in [0.5, 0.6) is 0 Å². The highest BCUT2D eigenvalue weighted by Crippen LogP contribution is 2.37. The lowest BCUT2D eigenvalue weighted by atomic mass is 9.90. The van der Waals surface area contributed by atoms with Gasteiger partial charge in [0, 0.05) is 11.6 Å². The van der Waals surface area contributed by atoms with Crippen molar-refractivity contribution in [1.82, 2.24) is 4.98 Å². The van der Waals surface area contributed by atoms with Gasteiger partial charge in [-0.1, -0.05) is 19.3 Å². The molecule has 19 heavy (non-hydrogen) atoms. The van der Waals surface area contributed by atoms with Gasteiger partial charge in [0.15, 0.2) is 5.11 Å². The fraction of sp³-hybridized carbons (Fsp3) is 0.429. The van der Waals surface area contributed by atoms with E-state index >= 15 is 0 Å². The van der Waals surface area contributed by atoms with Crippen LogP contribution in [0.3, 0.4) is 0 Å². The lowest BCUT2D eigenvalue weighted by Gasteiger charge is -2.18. The maximum Gasteiger partial charge on any atom is 0.168 e. The highest BCUT2D eigenvalue weighted by atomic mass is 32.1. The fourth-order valence-electron chi connectivity index (χ4n) is 2.69. The number of thiazole rings is 1. The van der Waals surface area contributed by atoms with Crippen LogP contribution >= 0.6 is 23.6 Å². The smallest absolute Gasteiger partial charge is 0.168 e. The lowest BCUT2D eigenvalue weighted by Crippen LogP contribution is -2.18. The van der Waals surface area contributed by atoms with E-state index in [1.165, 1.54) is 41.8 Å². The van der Waals surface area contributed by atoms with Crippen LogP contribution in [-0.4, -0.2) is 10.1 Å². The molecule has 1 heterocycles. The van der Waals surface area contributed by atoms with Crippen LogP contribution in [0.2, 0.25) is 0 Å². The van der Waals surface area contributed by atoms with Crippen LogP contribution in [0, 0.1) is 0 Å². The predicted octanol–water partition coefficient (Wildman–Crippen LogP) is 4.00. The average Bonchev–Trinajstić information content (AvgIpc) is 2.82. The van der Waals surface area contributed by atoms with E-state index in [4.69, 9.17) is 22.9 Å². The van der Waals surface area contributed by atoms with Crippen molar-refractivity contribution in [3.05, 3.63) is 23.2 Å². The molecule has 1 aliphatic carbocycles. The number of hydrogen-bond acceptors (Lipinski definition) is 3. The predicted molar refractivity (Wildman–Crippen MR) is 85.9 cm³/mol. The highest BCUT2D eigenvalue weighted by Gasteiger charge is 2.19. The minimum atomic E-state index is 0.302. The Balaban J connectivity index is 1.89. The Bertz CT molecular complexity index is 600. The van der Waals surface area contributed by atoms with Crippen molar-refractivity contribution in [2.24, 2.45) is 5.73 Å². The van der Waals surface area contributed by atoms with Gasteiger partial charge in [0.1, 0.15) is 0 Å². The molecule has 0 radical (unpaired) electrons. The molecule has 0 atom stereocenters. The van der Waals surface area contributed by atoms with Crippen LogP contribution in [0.1, 0.15) is 43.0 Å². The van der Waals surface area contributed by atoms with Crippen molar-refractivity contribution >= 4 is 44.6 Å². The first-order chi connectivity index (χ1) is 9.22. The van der Waals surface area contributed by atoms with Crippen LogP contribution in [-0.2, 0) is 0 Å². The SMILES string of the molecule is NC(=S)Nc1ccc2nc(C3CCCCC3)sc2c1. The topological polar surface area (TPSA) is 50.9 Å².